The van der Waals surface area contributed by atoms with E-state index in [2.05, 4.69) is 117 Å². The van der Waals surface area contributed by atoms with Crippen LogP contribution < -0.4 is 4.74 Å². The van der Waals surface area contributed by atoms with Gasteiger partial charge in [-0.1, -0.05) is 105 Å². The van der Waals surface area contributed by atoms with Crippen molar-refractivity contribution in [1.29, 1.82) is 0 Å². The third-order valence-corrected chi connectivity index (χ3v) is 9.85. The van der Waals surface area contributed by atoms with Gasteiger partial charge in [0.15, 0.2) is 0 Å². The van der Waals surface area contributed by atoms with Crippen molar-refractivity contribution in [2.24, 2.45) is 5.92 Å². The van der Waals surface area contributed by atoms with Crippen molar-refractivity contribution in [1.82, 2.24) is 19.1 Å². The maximum atomic E-state index is 6.70. The number of fused-ring (bicyclic) bond motifs is 6. The summed E-state index contributed by atoms with van der Waals surface area (Å²) in [6, 6.07) is 34.1. The fraction of sp³-hybridized carbons (Fsp3) is 0.182. The summed E-state index contributed by atoms with van der Waals surface area (Å²) in [6.07, 6.45) is 11.2. The fourth-order valence-electron chi connectivity index (χ4n) is 7.40. The van der Waals surface area contributed by atoms with Crippen LogP contribution in [0.3, 0.4) is 0 Å². The van der Waals surface area contributed by atoms with Gasteiger partial charge in [-0.3, -0.25) is 4.98 Å². The SMILES string of the molecule is CC1=C(n2ccnc2-c2[c-]c(Oc3[c-]c4c(cc3)c3ccccc3n4-c3cc(C(C)(C)C)ccn3)cc3c2oc2ccccc23)C(C)CC=C1.[Pt+2]. The van der Waals surface area contributed by atoms with Crippen LogP contribution in [0.25, 0.3) is 66.6 Å². The number of hydrogen-bond donors (Lipinski definition) is 0. The molecule has 1 unspecified atom stereocenters. The normalized spacial score (nSPS) is 15.0. The Hall–Kier alpha value is -5.19. The second-order valence-corrected chi connectivity index (χ2v) is 14.3. The van der Waals surface area contributed by atoms with Gasteiger partial charge in [0.05, 0.1) is 11.4 Å². The first-order chi connectivity index (χ1) is 24.2. The maximum Gasteiger partial charge on any atom is 2.00 e. The number of hydrogen-bond acceptors (Lipinski definition) is 4. The van der Waals surface area contributed by atoms with Crippen LogP contribution in [0.5, 0.6) is 11.5 Å². The van der Waals surface area contributed by atoms with Crippen LogP contribution in [0, 0.1) is 18.1 Å². The molecule has 4 aromatic carbocycles. The maximum absolute atomic E-state index is 6.70. The predicted octanol–water partition coefficient (Wildman–Crippen LogP) is 11.5. The molecule has 8 aromatic rings. The van der Waals surface area contributed by atoms with Crippen molar-refractivity contribution in [3.63, 3.8) is 0 Å². The summed E-state index contributed by atoms with van der Waals surface area (Å²) >= 11 is 0. The van der Waals surface area contributed by atoms with Gasteiger partial charge in [0, 0.05) is 46.7 Å². The van der Waals surface area contributed by atoms with Crippen LogP contribution in [0.15, 0.2) is 120 Å². The number of aromatic nitrogens is 4. The Balaban J connectivity index is 0.00000374. The first kappa shape index (κ1) is 33.0. The molecule has 0 aliphatic heterocycles. The molecule has 1 aliphatic carbocycles. The third-order valence-electron chi connectivity index (χ3n) is 9.85. The molecule has 4 heterocycles. The molecule has 0 radical (unpaired) electrons. The van der Waals surface area contributed by atoms with Gasteiger partial charge in [-0.25, -0.2) is 4.98 Å². The molecule has 0 spiro atoms. The van der Waals surface area contributed by atoms with Crippen LogP contribution in [-0.2, 0) is 26.5 Å². The number of pyridine rings is 1. The predicted molar refractivity (Wildman–Crippen MR) is 202 cm³/mol. The Kier molecular flexibility index (Phi) is 8.11. The van der Waals surface area contributed by atoms with Crippen molar-refractivity contribution < 1.29 is 30.2 Å². The molecular formula is C44H36N4O2Pt. The van der Waals surface area contributed by atoms with E-state index in [1.54, 1.807) is 0 Å². The number of para-hydroxylation sites is 2. The van der Waals surface area contributed by atoms with E-state index >= 15 is 0 Å². The van der Waals surface area contributed by atoms with Crippen LogP contribution >= 0.6 is 0 Å². The van der Waals surface area contributed by atoms with E-state index in [0.29, 0.717) is 17.4 Å². The van der Waals surface area contributed by atoms with Crippen LogP contribution in [0.1, 0.15) is 46.6 Å². The summed E-state index contributed by atoms with van der Waals surface area (Å²) in [4.78, 5) is 9.71. The number of benzene rings is 4. The van der Waals surface area contributed by atoms with Crippen molar-refractivity contribution in [2.75, 3.05) is 0 Å². The molecule has 7 heteroatoms. The van der Waals surface area contributed by atoms with E-state index in [4.69, 9.17) is 19.1 Å². The molecular weight excluding hydrogens is 812 g/mol. The first-order valence-electron chi connectivity index (χ1n) is 17.1. The topological polar surface area (TPSA) is 58.0 Å². The molecule has 0 saturated heterocycles. The van der Waals surface area contributed by atoms with Gasteiger partial charge < -0.3 is 18.3 Å². The van der Waals surface area contributed by atoms with Crippen LogP contribution in [-0.4, -0.2) is 19.1 Å². The average Bonchev–Trinajstić information content (AvgIpc) is 3.82. The zero-order valence-electron chi connectivity index (χ0n) is 29.1. The van der Waals surface area contributed by atoms with E-state index < -0.39 is 0 Å². The smallest absolute Gasteiger partial charge is 0.503 e. The molecule has 254 valence electrons. The molecule has 9 rings (SSSR count). The van der Waals surface area contributed by atoms with Crippen molar-refractivity contribution in [3.8, 4) is 28.7 Å². The summed E-state index contributed by atoms with van der Waals surface area (Å²) < 4.78 is 17.6. The van der Waals surface area contributed by atoms with E-state index in [0.717, 1.165) is 67.4 Å². The number of nitrogens with zero attached hydrogens (tertiary/aromatic N) is 4. The van der Waals surface area contributed by atoms with E-state index in [9.17, 15) is 0 Å². The summed E-state index contributed by atoms with van der Waals surface area (Å²) in [5, 5.41) is 4.17. The number of allylic oxidation sites excluding steroid dienone is 4. The Bertz CT molecular complexity index is 2680. The molecule has 6 nitrogen and oxygen atoms in total. The molecule has 51 heavy (non-hydrogen) atoms. The van der Waals surface area contributed by atoms with Crippen LogP contribution in [0.4, 0.5) is 0 Å². The average molecular weight is 848 g/mol. The Labute approximate surface area is 311 Å². The van der Waals surface area contributed by atoms with E-state index in [-0.39, 0.29) is 26.5 Å². The molecule has 1 atom stereocenters. The second-order valence-electron chi connectivity index (χ2n) is 14.3. The molecule has 1 aliphatic rings. The minimum absolute atomic E-state index is 0. The van der Waals surface area contributed by atoms with Gasteiger partial charge in [-0.2, -0.15) is 6.07 Å². The zero-order chi connectivity index (χ0) is 34.1. The van der Waals surface area contributed by atoms with Gasteiger partial charge in [-0.15, -0.1) is 17.5 Å². The first-order valence-corrected chi connectivity index (χ1v) is 17.1. The van der Waals surface area contributed by atoms with E-state index in [1.807, 2.05) is 48.9 Å². The number of imidazole rings is 1. The van der Waals surface area contributed by atoms with Crippen molar-refractivity contribution in [2.45, 2.75) is 46.5 Å². The van der Waals surface area contributed by atoms with Gasteiger partial charge in [-0.05, 0) is 65.5 Å². The van der Waals surface area contributed by atoms with Crippen molar-refractivity contribution in [3.05, 3.63) is 133 Å². The molecule has 0 fully saturated rings. The van der Waals surface area contributed by atoms with Crippen molar-refractivity contribution >= 4 is 49.4 Å². The third kappa shape index (κ3) is 5.53. The largest absolute Gasteiger partial charge is 2.00 e. The van der Waals surface area contributed by atoms with Gasteiger partial charge >= 0.3 is 21.1 Å². The number of rotatable bonds is 5. The molecule has 0 N–H and O–H groups in total. The summed E-state index contributed by atoms with van der Waals surface area (Å²) in [5.41, 5.74) is 7.88. The summed E-state index contributed by atoms with van der Waals surface area (Å²) in [5.74, 6) is 3.09. The Morgan fingerprint density at radius 2 is 1.65 bits per heavy atom. The molecule has 0 bridgehead atoms. The van der Waals surface area contributed by atoms with E-state index in [1.165, 1.54) is 16.8 Å². The molecule has 0 amide bonds. The zero-order valence-corrected chi connectivity index (χ0v) is 31.4. The number of ether oxygens (including phenoxy) is 1. The second kappa shape index (κ2) is 12.5. The van der Waals surface area contributed by atoms with Gasteiger partial charge in [0.1, 0.15) is 11.4 Å². The monoisotopic (exact) mass is 847 g/mol. The standard InChI is InChI=1S/C44H36N4O2.Pt/c1-27-11-10-12-28(2)41(27)47-22-21-46-43(47)36-25-31(24-35-34-14-7-9-16-39(34)50-42(35)36)49-30-17-18-33-32-13-6-8-15-37(32)48(38(33)26-30)40-23-29(19-20-45-40)44(3,4)5;/h6-11,13-24,28H,12H2,1-5H3;/q-2;+2. The Morgan fingerprint density at radius 1 is 0.843 bits per heavy atom. The van der Waals surface area contributed by atoms with Gasteiger partial charge in [0.2, 0.25) is 0 Å². The molecule has 0 saturated carbocycles. The minimum Gasteiger partial charge on any atom is -0.503 e. The van der Waals surface area contributed by atoms with Crippen LogP contribution in [0.2, 0.25) is 0 Å². The quantitative estimate of drug-likeness (QED) is 0.162. The summed E-state index contributed by atoms with van der Waals surface area (Å²) in [7, 11) is 0. The Morgan fingerprint density at radius 3 is 2.47 bits per heavy atom. The van der Waals surface area contributed by atoms with Gasteiger partial charge in [0.25, 0.3) is 0 Å². The molecule has 4 aromatic heterocycles. The number of furan rings is 1. The minimum atomic E-state index is -0.0203. The fourth-order valence-corrected chi connectivity index (χ4v) is 7.40. The summed E-state index contributed by atoms with van der Waals surface area (Å²) in [6.45, 7) is 11.1.